The van der Waals surface area contributed by atoms with E-state index in [0.29, 0.717) is 24.0 Å². The molecular formula is C38H57N5O6Si. The number of anilines is 1. The molecule has 1 aliphatic heterocycles. The number of carbonyl (C=O) groups excluding carboxylic acids is 1. The minimum absolute atomic E-state index is 0.0191. The second-order valence-corrected chi connectivity index (χ2v) is 21.1. The van der Waals surface area contributed by atoms with Crippen LogP contribution in [-0.2, 0) is 13.9 Å². The van der Waals surface area contributed by atoms with Gasteiger partial charge < -0.3 is 33.4 Å². The normalized spacial score (nSPS) is 16.6. The predicted molar refractivity (Wildman–Crippen MR) is 198 cm³/mol. The van der Waals surface area contributed by atoms with Gasteiger partial charge in [-0.2, -0.15) is 0 Å². The molecular weight excluding hydrogens is 651 g/mol. The number of benzene rings is 1. The number of hydrogen-bond acceptors (Lipinski definition) is 10. The first-order valence-corrected chi connectivity index (χ1v) is 20.9. The van der Waals surface area contributed by atoms with Crippen molar-refractivity contribution in [1.29, 1.82) is 0 Å². The summed E-state index contributed by atoms with van der Waals surface area (Å²) in [6, 6.07) is 8.11. The van der Waals surface area contributed by atoms with E-state index < -0.39 is 20.0 Å². The third-order valence-corrected chi connectivity index (χ3v) is 14.3. The number of rotatable bonds is 12. The van der Waals surface area contributed by atoms with E-state index in [9.17, 15) is 4.79 Å². The van der Waals surface area contributed by atoms with Crippen molar-refractivity contribution in [2.24, 2.45) is 0 Å². The fourth-order valence-corrected chi connectivity index (χ4v) is 7.06. The van der Waals surface area contributed by atoms with Gasteiger partial charge >= 0.3 is 6.09 Å². The lowest BCUT2D eigenvalue weighted by molar-refractivity contribution is 0.0172. The highest BCUT2D eigenvalue weighted by atomic mass is 28.4. The van der Waals surface area contributed by atoms with Gasteiger partial charge in [-0.15, -0.1) is 0 Å². The molecule has 2 fully saturated rings. The molecule has 1 N–H and O–H groups in total. The van der Waals surface area contributed by atoms with Crippen molar-refractivity contribution in [2.75, 3.05) is 38.7 Å². The van der Waals surface area contributed by atoms with Gasteiger partial charge in [-0.3, -0.25) is 0 Å². The minimum atomic E-state index is -2.20. The van der Waals surface area contributed by atoms with Crippen LogP contribution in [0.3, 0.4) is 0 Å². The number of nitrogens with one attached hydrogen (secondary N) is 1. The first-order chi connectivity index (χ1) is 23.4. The Morgan fingerprint density at radius 3 is 2.40 bits per heavy atom. The summed E-state index contributed by atoms with van der Waals surface area (Å²) in [4.78, 5) is 24.7. The highest BCUT2D eigenvalue weighted by Gasteiger charge is 2.40. The number of aryl methyl sites for hydroxylation is 1. The molecule has 2 aliphatic rings. The molecule has 0 spiro atoms. The molecule has 11 nitrogen and oxygen atoms in total. The van der Waals surface area contributed by atoms with Gasteiger partial charge in [0, 0.05) is 43.3 Å². The smallest absolute Gasteiger partial charge is 0.410 e. The van der Waals surface area contributed by atoms with Gasteiger partial charge in [-0.25, -0.2) is 14.8 Å². The van der Waals surface area contributed by atoms with Crippen LogP contribution in [0.1, 0.15) is 90.2 Å². The molecule has 0 radical (unpaired) electrons. The van der Waals surface area contributed by atoms with E-state index >= 15 is 0 Å². The van der Waals surface area contributed by atoms with Crippen molar-refractivity contribution in [1.82, 2.24) is 20.0 Å². The summed E-state index contributed by atoms with van der Waals surface area (Å²) in [7, 11) is -0.464. The molecule has 1 aromatic carbocycles. The van der Waals surface area contributed by atoms with Crippen LogP contribution in [0.4, 0.5) is 10.6 Å². The van der Waals surface area contributed by atoms with E-state index in [2.05, 4.69) is 51.3 Å². The number of aromatic nitrogens is 3. The molecule has 0 bridgehead atoms. The summed E-state index contributed by atoms with van der Waals surface area (Å²) in [6.45, 7) is 22.7. The van der Waals surface area contributed by atoms with E-state index in [-0.39, 0.29) is 23.8 Å². The van der Waals surface area contributed by atoms with E-state index in [1.807, 2.05) is 52.0 Å². The first kappa shape index (κ1) is 37.8. The third kappa shape index (κ3) is 9.44. The molecule has 1 atom stereocenters. The number of amides is 1. The maximum absolute atomic E-state index is 12.9. The Morgan fingerprint density at radius 1 is 1.06 bits per heavy atom. The molecule has 50 heavy (non-hydrogen) atoms. The highest BCUT2D eigenvalue weighted by Crippen LogP contribution is 2.46. The minimum Gasteiger partial charge on any atom is -0.491 e. The molecule has 1 saturated carbocycles. The maximum Gasteiger partial charge on any atom is 0.410 e. The Hall–Kier alpha value is -3.48. The SMILES string of the molecule is Cc1onc(C2CC2)c1-c1nc(-c2cccc(OCC(CN(C)C(=O)OC(C)(C)C)O[Si](C)(C)C(C)(C)C)c2)nc(NC2CCOCC2)c1C. The van der Waals surface area contributed by atoms with Crippen LogP contribution in [0, 0.1) is 13.8 Å². The fraction of sp³-hybridized carbons (Fsp3) is 0.632. The van der Waals surface area contributed by atoms with Gasteiger partial charge in [-0.05, 0) is 90.6 Å². The zero-order valence-electron chi connectivity index (χ0n) is 31.9. The molecule has 1 amide bonds. The molecule has 5 rings (SSSR count). The van der Waals surface area contributed by atoms with Gasteiger partial charge in [0.05, 0.1) is 29.6 Å². The zero-order chi connectivity index (χ0) is 36.4. The highest BCUT2D eigenvalue weighted by molar-refractivity contribution is 6.74. The fourth-order valence-electron chi connectivity index (χ4n) is 5.73. The Morgan fingerprint density at radius 2 is 1.76 bits per heavy atom. The number of likely N-dealkylation sites (N-methyl/N-ethyl adjacent to an activating group) is 1. The summed E-state index contributed by atoms with van der Waals surface area (Å²) in [5.41, 5.74) is 3.99. The third-order valence-electron chi connectivity index (χ3n) is 9.78. The molecule has 274 valence electrons. The quantitative estimate of drug-likeness (QED) is 0.183. The van der Waals surface area contributed by atoms with Gasteiger partial charge in [-0.1, -0.05) is 38.1 Å². The van der Waals surface area contributed by atoms with Crippen LogP contribution in [0.25, 0.3) is 22.6 Å². The lowest BCUT2D eigenvalue weighted by atomic mass is 10.0. The standard InChI is InChI=1S/C38H57N5O6Si/c1-24-32(31-25(2)48-42-33(31)26-15-16-26)40-35(41-34(24)39-28-17-19-45-20-18-28)27-13-12-14-29(21-27)46-23-30(49-50(10,11)38(6,7)8)22-43(9)36(44)47-37(3,4)5/h12-14,21,26,28,30H,15-20,22-23H2,1-11H3,(H,39,40,41). The summed E-state index contributed by atoms with van der Waals surface area (Å²) in [5, 5.41) is 8.14. The van der Waals surface area contributed by atoms with Crippen LogP contribution in [-0.4, -0.2) is 85.6 Å². The molecule has 1 unspecified atom stereocenters. The van der Waals surface area contributed by atoms with Crippen molar-refractivity contribution in [3.63, 3.8) is 0 Å². The van der Waals surface area contributed by atoms with Crippen molar-refractivity contribution in [2.45, 2.75) is 123 Å². The van der Waals surface area contributed by atoms with Gasteiger partial charge in [0.2, 0.25) is 0 Å². The predicted octanol–water partition coefficient (Wildman–Crippen LogP) is 8.52. The van der Waals surface area contributed by atoms with E-state index in [4.69, 9.17) is 33.1 Å². The van der Waals surface area contributed by atoms with E-state index in [1.165, 1.54) is 0 Å². The van der Waals surface area contributed by atoms with Crippen LogP contribution < -0.4 is 10.1 Å². The maximum atomic E-state index is 12.9. The Labute approximate surface area is 298 Å². The average Bonchev–Trinajstić information content (AvgIpc) is 3.81. The van der Waals surface area contributed by atoms with Gasteiger partial charge in [0.15, 0.2) is 14.1 Å². The zero-order valence-corrected chi connectivity index (χ0v) is 32.9. The molecule has 3 aromatic rings. The summed E-state index contributed by atoms with van der Waals surface area (Å²) in [5.74, 6) is 3.22. The van der Waals surface area contributed by atoms with Crippen molar-refractivity contribution < 1.29 is 28.0 Å². The van der Waals surface area contributed by atoms with Crippen molar-refractivity contribution >= 4 is 20.2 Å². The second-order valence-electron chi connectivity index (χ2n) is 16.4. The van der Waals surface area contributed by atoms with Crippen LogP contribution in [0.5, 0.6) is 5.75 Å². The lowest BCUT2D eigenvalue weighted by Crippen LogP contribution is -2.49. The summed E-state index contributed by atoms with van der Waals surface area (Å²) >= 11 is 0. The van der Waals surface area contributed by atoms with Gasteiger partial charge in [0.25, 0.3) is 0 Å². The second kappa shape index (κ2) is 15.0. The summed E-state index contributed by atoms with van der Waals surface area (Å²) < 4.78 is 30.2. The first-order valence-electron chi connectivity index (χ1n) is 18.0. The van der Waals surface area contributed by atoms with Crippen molar-refractivity contribution in [3.05, 3.63) is 41.3 Å². The van der Waals surface area contributed by atoms with Gasteiger partial charge in [0.1, 0.15) is 29.5 Å². The lowest BCUT2D eigenvalue weighted by Gasteiger charge is -2.40. The number of hydrogen-bond donors (Lipinski definition) is 1. The van der Waals surface area contributed by atoms with Crippen LogP contribution in [0.2, 0.25) is 18.1 Å². The Balaban J connectivity index is 1.43. The van der Waals surface area contributed by atoms with Crippen molar-refractivity contribution in [3.8, 4) is 28.4 Å². The number of nitrogens with zero attached hydrogens (tertiary/aromatic N) is 4. The van der Waals surface area contributed by atoms with E-state index in [0.717, 1.165) is 78.6 Å². The molecule has 2 aromatic heterocycles. The molecule has 1 aliphatic carbocycles. The number of carbonyl (C=O) groups is 1. The Bertz CT molecular complexity index is 1640. The summed E-state index contributed by atoms with van der Waals surface area (Å²) in [6.07, 6.45) is 3.28. The largest absolute Gasteiger partial charge is 0.491 e. The topological polar surface area (TPSA) is 121 Å². The Kier molecular flexibility index (Phi) is 11.3. The monoisotopic (exact) mass is 707 g/mol. The van der Waals surface area contributed by atoms with Crippen LogP contribution >= 0.6 is 0 Å². The average molecular weight is 708 g/mol. The molecule has 12 heteroatoms. The molecule has 3 heterocycles. The van der Waals surface area contributed by atoms with E-state index in [1.54, 1.807) is 11.9 Å². The van der Waals surface area contributed by atoms with Crippen LogP contribution in [0.15, 0.2) is 28.8 Å². The molecule has 1 saturated heterocycles. The number of ether oxygens (including phenoxy) is 3.